The molecule has 0 aliphatic carbocycles. The van der Waals surface area contributed by atoms with E-state index in [2.05, 4.69) is 150 Å². The Kier molecular flexibility index (Phi) is 4.71. The number of aromatic nitrogens is 2. The van der Waals surface area contributed by atoms with Gasteiger partial charge in [-0.05, 0) is 90.6 Å². The summed E-state index contributed by atoms with van der Waals surface area (Å²) >= 11 is 0. The molecular formula is C41H27N3. The highest BCUT2D eigenvalue weighted by Crippen LogP contribution is 2.49. The van der Waals surface area contributed by atoms with Gasteiger partial charge in [0.15, 0.2) is 0 Å². The summed E-state index contributed by atoms with van der Waals surface area (Å²) in [4.78, 5) is 7.49. The van der Waals surface area contributed by atoms with Crippen LogP contribution >= 0.6 is 0 Å². The van der Waals surface area contributed by atoms with Gasteiger partial charge in [0.05, 0.1) is 28.1 Å². The summed E-state index contributed by atoms with van der Waals surface area (Å²) in [7, 11) is 0. The maximum absolute atomic E-state index is 5.10. The van der Waals surface area contributed by atoms with Gasteiger partial charge in [-0.25, -0.2) is 4.98 Å². The fourth-order valence-electron chi connectivity index (χ4n) is 7.78. The van der Waals surface area contributed by atoms with E-state index in [1.54, 1.807) is 0 Å². The molecular weight excluding hydrogens is 534 g/mol. The largest absolute Gasteiger partial charge is 0.306 e. The van der Waals surface area contributed by atoms with Crippen molar-refractivity contribution in [2.45, 2.75) is 13.3 Å². The van der Waals surface area contributed by atoms with Crippen molar-refractivity contribution in [3.05, 3.63) is 139 Å². The van der Waals surface area contributed by atoms with Crippen molar-refractivity contribution < 1.29 is 0 Å². The Morgan fingerprint density at radius 1 is 0.545 bits per heavy atom. The summed E-state index contributed by atoms with van der Waals surface area (Å²) in [5, 5.41) is 10.5. The molecule has 0 saturated carbocycles. The first-order chi connectivity index (χ1) is 21.8. The number of rotatable bonds is 3. The van der Waals surface area contributed by atoms with Crippen LogP contribution in [-0.2, 0) is 6.42 Å². The van der Waals surface area contributed by atoms with Crippen molar-refractivity contribution in [3.63, 3.8) is 0 Å². The minimum absolute atomic E-state index is 0.856. The van der Waals surface area contributed by atoms with E-state index in [4.69, 9.17) is 4.98 Å². The average Bonchev–Trinajstić information content (AvgIpc) is 3.47. The van der Waals surface area contributed by atoms with Crippen molar-refractivity contribution in [2.75, 3.05) is 4.90 Å². The van der Waals surface area contributed by atoms with E-state index in [0.717, 1.165) is 34.8 Å². The fourth-order valence-corrected chi connectivity index (χ4v) is 7.78. The molecule has 2 heterocycles. The van der Waals surface area contributed by atoms with E-state index < -0.39 is 0 Å². The lowest BCUT2D eigenvalue weighted by molar-refractivity contribution is 0.900. The van der Waals surface area contributed by atoms with Crippen LogP contribution in [0.15, 0.2) is 133 Å². The third-order valence-corrected chi connectivity index (χ3v) is 9.59. The molecule has 0 N–H and O–H groups in total. The number of anilines is 3. The van der Waals surface area contributed by atoms with E-state index in [0.29, 0.717) is 0 Å². The Labute approximate surface area is 254 Å². The van der Waals surface area contributed by atoms with Gasteiger partial charge in [0.2, 0.25) is 0 Å². The number of hydrogen-bond acceptors (Lipinski definition) is 2. The quantitative estimate of drug-likeness (QED) is 0.158. The Bertz CT molecular complexity index is 2540. The lowest BCUT2D eigenvalue weighted by Crippen LogP contribution is -2.19. The maximum atomic E-state index is 5.10. The number of fused-ring (bicyclic) bond motifs is 4. The normalized spacial score (nSPS) is 12.7. The van der Waals surface area contributed by atoms with Crippen LogP contribution in [0.3, 0.4) is 0 Å². The summed E-state index contributed by atoms with van der Waals surface area (Å²) in [5.74, 6) is 1.08. The Balaban J connectivity index is 1.28. The highest BCUT2D eigenvalue weighted by atomic mass is 15.2. The second-order valence-corrected chi connectivity index (χ2v) is 11.8. The van der Waals surface area contributed by atoms with Crippen LogP contribution < -0.4 is 4.90 Å². The van der Waals surface area contributed by atoms with Gasteiger partial charge in [0, 0.05) is 12.1 Å². The molecule has 44 heavy (non-hydrogen) atoms. The van der Waals surface area contributed by atoms with Gasteiger partial charge in [-0.1, -0.05) is 104 Å². The highest BCUT2D eigenvalue weighted by Gasteiger charge is 2.29. The number of aryl methyl sites for hydroxylation is 1. The smallest absolute Gasteiger partial charge is 0.114 e. The zero-order valence-corrected chi connectivity index (χ0v) is 24.3. The van der Waals surface area contributed by atoms with Gasteiger partial charge in [0.1, 0.15) is 5.82 Å². The fraction of sp³-hybridized carbons (Fsp3) is 0.0488. The summed E-state index contributed by atoms with van der Waals surface area (Å²) in [6.07, 6.45) is 0.856. The van der Waals surface area contributed by atoms with Gasteiger partial charge in [-0.2, -0.15) is 0 Å². The molecule has 0 radical (unpaired) electrons. The van der Waals surface area contributed by atoms with Crippen LogP contribution in [0, 0.1) is 0 Å². The van der Waals surface area contributed by atoms with Crippen LogP contribution in [-0.4, -0.2) is 9.55 Å². The number of benzene rings is 8. The van der Waals surface area contributed by atoms with Crippen LogP contribution in [0.4, 0.5) is 17.1 Å². The predicted molar refractivity (Wildman–Crippen MR) is 185 cm³/mol. The number of imidazole rings is 1. The Morgan fingerprint density at radius 2 is 1.25 bits per heavy atom. The van der Waals surface area contributed by atoms with E-state index in [-0.39, 0.29) is 0 Å². The molecule has 10 rings (SSSR count). The third kappa shape index (κ3) is 3.03. The van der Waals surface area contributed by atoms with Crippen molar-refractivity contribution in [1.29, 1.82) is 0 Å². The maximum Gasteiger partial charge on any atom is 0.114 e. The molecule has 0 spiro atoms. The minimum atomic E-state index is 0.856. The molecule has 1 aliphatic rings. The topological polar surface area (TPSA) is 21.1 Å². The Morgan fingerprint density at radius 3 is 2.05 bits per heavy atom. The first kappa shape index (κ1) is 23.8. The van der Waals surface area contributed by atoms with Crippen molar-refractivity contribution in [3.8, 4) is 16.8 Å². The number of hydrogen-bond donors (Lipinski definition) is 0. The van der Waals surface area contributed by atoms with Gasteiger partial charge < -0.3 is 4.90 Å². The van der Waals surface area contributed by atoms with Crippen LogP contribution in [0.25, 0.3) is 70.9 Å². The Hall–Kier alpha value is -5.67. The van der Waals surface area contributed by atoms with Gasteiger partial charge in [0.25, 0.3) is 0 Å². The van der Waals surface area contributed by atoms with Crippen LogP contribution in [0.1, 0.15) is 12.7 Å². The molecule has 0 amide bonds. The van der Waals surface area contributed by atoms with Crippen LogP contribution in [0.2, 0.25) is 0 Å². The molecule has 8 aromatic carbocycles. The second-order valence-electron chi connectivity index (χ2n) is 11.8. The molecule has 1 aliphatic heterocycles. The molecule has 9 aromatic rings. The molecule has 206 valence electrons. The number of nitrogens with zero attached hydrogens (tertiary/aromatic N) is 3. The molecule has 0 unspecified atom stereocenters. The lowest BCUT2D eigenvalue weighted by atomic mass is 9.87. The molecule has 0 saturated heterocycles. The molecule has 0 fully saturated rings. The summed E-state index contributed by atoms with van der Waals surface area (Å²) in [6.45, 7) is 2.20. The second kappa shape index (κ2) is 8.68. The standard InChI is InChI=1S/C41H27N3/c1-2-38-42-34-18-9-19-36-41(34)44(38)37-24-26(20-23-35(37)43(36)27-12-4-3-5-13-27)28-21-22-33-31-15-7-11-25-10-6-14-30(39(25)31)32-17-8-16-29(28)40(32)33/h3-24H,2H2,1H3. The van der Waals surface area contributed by atoms with E-state index >= 15 is 0 Å². The zero-order valence-electron chi connectivity index (χ0n) is 24.3. The summed E-state index contributed by atoms with van der Waals surface area (Å²) < 4.78 is 2.39. The average molecular weight is 562 g/mol. The highest BCUT2D eigenvalue weighted by molar-refractivity contribution is 6.34. The first-order valence-corrected chi connectivity index (χ1v) is 15.4. The molecule has 3 heteroatoms. The molecule has 0 atom stereocenters. The number of para-hydroxylation sites is 2. The summed E-state index contributed by atoms with van der Waals surface area (Å²) in [5.41, 5.74) is 9.30. The van der Waals surface area contributed by atoms with Crippen molar-refractivity contribution >= 4 is 71.2 Å². The SMILES string of the molecule is CCc1nc2cccc3c2n1-c1cc(-c2ccc4c5cccc6cccc(c7cccc2c74)c65)ccc1N3c1ccccc1. The molecule has 1 aromatic heterocycles. The third-order valence-electron chi connectivity index (χ3n) is 9.59. The van der Waals surface area contributed by atoms with E-state index in [9.17, 15) is 0 Å². The lowest BCUT2D eigenvalue weighted by Gasteiger charge is -2.33. The van der Waals surface area contributed by atoms with Gasteiger partial charge in [-0.15, -0.1) is 0 Å². The predicted octanol–water partition coefficient (Wildman–Crippen LogP) is 11.1. The zero-order chi connectivity index (χ0) is 28.9. The van der Waals surface area contributed by atoms with Gasteiger partial charge >= 0.3 is 0 Å². The van der Waals surface area contributed by atoms with E-state index in [1.165, 1.54) is 65.4 Å². The summed E-state index contributed by atoms with van der Waals surface area (Å²) in [6, 6.07) is 49.0. The molecule has 0 bridgehead atoms. The van der Waals surface area contributed by atoms with E-state index in [1.807, 2.05) is 0 Å². The van der Waals surface area contributed by atoms with Crippen molar-refractivity contribution in [1.82, 2.24) is 9.55 Å². The monoisotopic (exact) mass is 561 g/mol. The van der Waals surface area contributed by atoms with Crippen LogP contribution in [0.5, 0.6) is 0 Å². The first-order valence-electron chi connectivity index (χ1n) is 15.4. The van der Waals surface area contributed by atoms with Crippen molar-refractivity contribution in [2.24, 2.45) is 0 Å². The van der Waals surface area contributed by atoms with Gasteiger partial charge in [-0.3, -0.25) is 4.57 Å². The molecule has 3 nitrogen and oxygen atoms in total. The minimum Gasteiger partial charge on any atom is -0.306 e.